The summed E-state index contributed by atoms with van der Waals surface area (Å²) in [4.78, 5) is 24.9. The van der Waals surface area contributed by atoms with E-state index in [4.69, 9.17) is 21.9 Å². The van der Waals surface area contributed by atoms with Crippen LogP contribution in [0.5, 0.6) is 0 Å². The van der Waals surface area contributed by atoms with Crippen molar-refractivity contribution in [2.75, 3.05) is 10.8 Å². The third kappa shape index (κ3) is 6.79. The molecule has 0 spiro atoms. The molecule has 228 valence electrons. The van der Waals surface area contributed by atoms with E-state index in [9.17, 15) is 36.3 Å². The lowest BCUT2D eigenvalue weighted by atomic mass is 9.99. The summed E-state index contributed by atoms with van der Waals surface area (Å²) in [7, 11) is -3.51. The number of carbonyl (C=O) groups is 2. The maximum atomic E-state index is 13.7. The molecular weight excluding hydrogens is 611 g/mol. The van der Waals surface area contributed by atoms with Crippen LogP contribution in [0.2, 0.25) is 5.02 Å². The van der Waals surface area contributed by atoms with Gasteiger partial charge in [-0.15, -0.1) is 0 Å². The molecule has 1 aromatic heterocycles. The number of hydrogen-bond acceptors (Lipinski definition) is 6. The number of sulfone groups is 1. The first kappa shape index (κ1) is 31.9. The molecule has 1 atom stereocenters. The number of nitrogens with one attached hydrogen (secondary N) is 1. The van der Waals surface area contributed by atoms with Crippen molar-refractivity contribution in [3.63, 3.8) is 0 Å². The predicted octanol–water partition coefficient (Wildman–Crippen LogP) is 6.27. The quantitative estimate of drug-likeness (QED) is 0.112. The van der Waals surface area contributed by atoms with Crippen LogP contribution >= 0.6 is 11.6 Å². The van der Waals surface area contributed by atoms with Gasteiger partial charge in [0.05, 0.1) is 21.9 Å². The van der Waals surface area contributed by atoms with Gasteiger partial charge in [0, 0.05) is 28.5 Å². The first-order valence-corrected chi connectivity index (χ1v) is 15.0. The number of carboxylic acids is 1. The number of aryl methyl sites for hydroxylation is 1. The molecule has 0 aliphatic carbocycles. The molecular formula is C29H27ClF3N3O6S. The molecule has 4 N–H and O–H groups in total. The van der Waals surface area contributed by atoms with Crippen LogP contribution < -0.4 is 16.2 Å². The molecule has 4 aromatic rings. The smallest absolute Gasteiger partial charge is 0.416 e. The van der Waals surface area contributed by atoms with Crippen LogP contribution in [0.4, 0.5) is 23.7 Å². The van der Waals surface area contributed by atoms with Gasteiger partial charge in [-0.2, -0.15) is 13.2 Å². The standard InChI is InChI=1S/C29H27ClF3N3O6S/c1-3-21-22-12-9-19(15-25(22)42-24(21)13-17-5-8-18(30)14-23(17)29(31,32)33)36(34)28(39)35-26(27(37)38)16-6-10-20(11-7-16)43(40,41)4-2/h5-12,14-15,26H,3-4,13,34H2,1-2H3,(H,35,39)(H,37,38). The number of urea groups is 1. The molecule has 2 amide bonds. The zero-order chi connectivity index (χ0) is 31.7. The van der Waals surface area contributed by atoms with Gasteiger partial charge in [-0.05, 0) is 53.9 Å². The van der Waals surface area contributed by atoms with E-state index < -0.39 is 39.6 Å². The number of amides is 2. The van der Waals surface area contributed by atoms with Crippen molar-refractivity contribution in [3.8, 4) is 0 Å². The van der Waals surface area contributed by atoms with Gasteiger partial charge in [0.15, 0.2) is 15.9 Å². The largest absolute Gasteiger partial charge is 0.479 e. The summed E-state index contributed by atoms with van der Waals surface area (Å²) < 4.78 is 71.0. The number of alkyl halides is 3. The maximum Gasteiger partial charge on any atom is 0.416 e. The Hall–Kier alpha value is -4.07. The van der Waals surface area contributed by atoms with E-state index in [1.807, 2.05) is 6.92 Å². The van der Waals surface area contributed by atoms with Gasteiger partial charge in [0.1, 0.15) is 11.3 Å². The van der Waals surface area contributed by atoms with Crippen LogP contribution in [0.15, 0.2) is 70.0 Å². The highest BCUT2D eigenvalue weighted by molar-refractivity contribution is 7.91. The van der Waals surface area contributed by atoms with Gasteiger partial charge in [0.2, 0.25) is 0 Å². The Labute approximate surface area is 249 Å². The van der Waals surface area contributed by atoms with E-state index in [1.165, 1.54) is 55.5 Å². The second-order valence-electron chi connectivity index (χ2n) is 9.58. The number of nitrogens with zero attached hydrogens (tertiary/aromatic N) is 1. The number of carbonyl (C=O) groups excluding carboxylic acids is 1. The summed E-state index contributed by atoms with van der Waals surface area (Å²) in [5.74, 6) is 4.76. The fourth-order valence-corrected chi connectivity index (χ4v) is 5.70. The van der Waals surface area contributed by atoms with Crippen LogP contribution in [0.25, 0.3) is 11.0 Å². The van der Waals surface area contributed by atoms with Crippen molar-refractivity contribution in [1.82, 2.24) is 5.32 Å². The lowest BCUT2D eigenvalue weighted by Crippen LogP contribution is -2.47. The molecule has 3 aromatic carbocycles. The third-order valence-corrected chi connectivity index (χ3v) is 8.89. The second-order valence-corrected chi connectivity index (χ2v) is 12.3. The topological polar surface area (TPSA) is 143 Å². The average Bonchev–Trinajstić information content (AvgIpc) is 3.31. The fourth-order valence-electron chi connectivity index (χ4n) is 4.64. The fraction of sp³-hybridized carbons (Fsp3) is 0.241. The first-order chi connectivity index (χ1) is 20.2. The van der Waals surface area contributed by atoms with Crippen LogP contribution in [0.1, 0.15) is 47.9 Å². The summed E-state index contributed by atoms with van der Waals surface area (Å²) in [5, 5.41) is 13.3. The molecule has 14 heteroatoms. The molecule has 0 fully saturated rings. The molecule has 0 saturated carbocycles. The normalized spacial score (nSPS) is 12.7. The minimum Gasteiger partial charge on any atom is -0.479 e. The maximum absolute atomic E-state index is 13.7. The minimum absolute atomic E-state index is 0.0120. The number of nitrogens with two attached hydrogens (primary N) is 1. The Kier molecular flexibility index (Phi) is 9.09. The SMILES string of the molecule is CCc1c(Cc2ccc(Cl)cc2C(F)(F)F)oc2cc(N(N)C(=O)NC(C(=O)O)c3ccc(S(=O)(=O)CC)cc3)ccc12. The molecule has 1 heterocycles. The predicted molar refractivity (Wildman–Crippen MR) is 155 cm³/mol. The Bertz CT molecular complexity index is 1790. The van der Waals surface area contributed by atoms with Gasteiger partial charge in [0.25, 0.3) is 0 Å². The van der Waals surface area contributed by atoms with Crippen molar-refractivity contribution < 1.29 is 40.7 Å². The zero-order valence-electron chi connectivity index (χ0n) is 22.9. The molecule has 0 radical (unpaired) electrons. The first-order valence-electron chi connectivity index (χ1n) is 13.0. The number of hydrogen-bond donors (Lipinski definition) is 3. The summed E-state index contributed by atoms with van der Waals surface area (Å²) >= 11 is 5.81. The molecule has 9 nitrogen and oxygen atoms in total. The van der Waals surface area contributed by atoms with E-state index in [1.54, 1.807) is 6.07 Å². The molecule has 0 aliphatic rings. The highest BCUT2D eigenvalue weighted by Gasteiger charge is 2.34. The second kappa shape index (κ2) is 12.3. The Morgan fingerprint density at radius 3 is 2.33 bits per heavy atom. The number of aliphatic carboxylic acids is 1. The number of benzene rings is 3. The summed E-state index contributed by atoms with van der Waals surface area (Å²) in [6, 6.07) is 10.6. The van der Waals surface area contributed by atoms with Crippen molar-refractivity contribution in [2.24, 2.45) is 5.84 Å². The van der Waals surface area contributed by atoms with Crippen LogP contribution in [0, 0.1) is 0 Å². The number of halogens is 4. The Morgan fingerprint density at radius 1 is 1.07 bits per heavy atom. The number of rotatable bonds is 9. The van der Waals surface area contributed by atoms with E-state index >= 15 is 0 Å². The molecule has 4 rings (SSSR count). The number of carboxylic acid groups (broad SMARTS) is 1. The lowest BCUT2D eigenvalue weighted by molar-refractivity contribution is -0.139. The van der Waals surface area contributed by atoms with E-state index in [-0.39, 0.29) is 44.5 Å². The van der Waals surface area contributed by atoms with Gasteiger partial charge in [-0.25, -0.2) is 28.9 Å². The molecule has 0 bridgehead atoms. The molecule has 43 heavy (non-hydrogen) atoms. The molecule has 0 saturated heterocycles. The minimum atomic E-state index is -4.62. The summed E-state index contributed by atoms with van der Waals surface area (Å²) in [6.45, 7) is 3.31. The lowest BCUT2D eigenvalue weighted by Gasteiger charge is -2.21. The van der Waals surface area contributed by atoms with Gasteiger partial charge < -0.3 is 14.8 Å². The highest BCUT2D eigenvalue weighted by Crippen LogP contribution is 2.37. The monoisotopic (exact) mass is 637 g/mol. The Morgan fingerprint density at radius 2 is 1.74 bits per heavy atom. The third-order valence-electron chi connectivity index (χ3n) is 6.91. The van der Waals surface area contributed by atoms with Crippen LogP contribution in [-0.4, -0.2) is 31.3 Å². The zero-order valence-corrected chi connectivity index (χ0v) is 24.5. The van der Waals surface area contributed by atoms with Crippen molar-refractivity contribution >= 4 is 50.1 Å². The summed E-state index contributed by atoms with van der Waals surface area (Å²) in [6.07, 6.45) is -4.34. The van der Waals surface area contributed by atoms with Crippen molar-refractivity contribution in [1.29, 1.82) is 0 Å². The van der Waals surface area contributed by atoms with Crippen LogP contribution in [0.3, 0.4) is 0 Å². The average molecular weight is 638 g/mol. The van der Waals surface area contributed by atoms with Gasteiger partial charge in [-0.1, -0.05) is 43.6 Å². The van der Waals surface area contributed by atoms with E-state index in [2.05, 4.69) is 5.32 Å². The van der Waals surface area contributed by atoms with E-state index in [0.29, 0.717) is 28.1 Å². The number of furan rings is 1. The molecule has 1 unspecified atom stereocenters. The van der Waals surface area contributed by atoms with Crippen LogP contribution in [-0.2, 0) is 33.6 Å². The van der Waals surface area contributed by atoms with E-state index in [0.717, 1.165) is 6.07 Å². The number of fused-ring (bicyclic) bond motifs is 1. The highest BCUT2D eigenvalue weighted by atomic mass is 35.5. The Balaban J connectivity index is 1.60. The van der Waals surface area contributed by atoms with Crippen molar-refractivity contribution in [3.05, 3.63) is 93.7 Å². The summed E-state index contributed by atoms with van der Waals surface area (Å²) in [5.41, 5.74) is 0.274. The van der Waals surface area contributed by atoms with Gasteiger partial charge in [-0.3, -0.25) is 0 Å². The number of anilines is 1. The number of hydrazine groups is 1. The molecule has 0 aliphatic heterocycles. The van der Waals surface area contributed by atoms with Crippen molar-refractivity contribution in [2.45, 2.75) is 43.8 Å². The van der Waals surface area contributed by atoms with Gasteiger partial charge >= 0.3 is 18.2 Å².